The zero-order chi connectivity index (χ0) is 22.8. The van der Waals surface area contributed by atoms with Gasteiger partial charge in [0.15, 0.2) is 0 Å². The van der Waals surface area contributed by atoms with Crippen molar-refractivity contribution in [3.05, 3.63) is 59.2 Å². The normalized spacial score (nSPS) is 17.4. The Morgan fingerprint density at radius 1 is 1.00 bits per heavy atom. The van der Waals surface area contributed by atoms with Crippen LogP contribution >= 0.6 is 0 Å². The maximum absolute atomic E-state index is 13.3. The van der Waals surface area contributed by atoms with Crippen LogP contribution in [-0.2, 0) is 12.4 Å². The SMILES string of the molecule is N=C1CCN(c2ncccc2C(F)(F)F)CC/C1=C(/N)Nc1ccc(C(F)(F)F)cn1. The molecule has 1 aliphatic heterocycles. The Balaban J connectivity index is 1.79. The highest BCUT2D eigenvalue weighted by atomic mass is 19.4. The maximum Gasteiger partial charge on any atom is 0.419 e. The van der Waals surface area contributed by atoms with Crippen LogP contribution < -0.4 is 16.0 Å². The van der Waals surface area contributed by atoms with Crippen LogP contribution in [0.25, 0.3) is 0 Å². The number of pyridine rings is 2. The van der Waals surface area contributed by atoms with Gasteiger partial charge >= 0.3 is 12.4 Å². The van der Waals surface area contributed by atoms with Crippen molar-refractivity contribution in [1.82, 2.24) is 9.97 Å². The molecule has 2 aromatic rings. The van der Waals surface area contributed by atoms with Crippen LogP contribution in [0.2, 0.25) is 0 Å². The molecule has 0 amide bonds. The Hall–Kier alpha value is -3.31. The molecule has 0 saturated carbocycles. The monoisotopic (exact) mass is 444 g/mol. The molecular formula is C19H18F6N6. The van der Waals surface area contributed by atoms with Gasteiger partial charge in [-0.3, -0.25) is 0 Å². The smallest absolute Gasteiger partial charge is 0.385 e. The summed E-state index contributed by atoms with van der Waals surface area (Å²) in [7, 11) is 0. The average Bonchev–Trinajstić information content (AvgIpc) is 2.89. The van der Waals surface area contributed by atoms with E-state index in [-0.39, 0.29) is 49.1 Å². The summed E-state index contributed by atoms with van der Waals surface area (Å²) in [6.45, 7) is 0.259. The summed E-state index contributed by atoms with van der Waals surface area (Å²) >= 11 is 0. The third-order valence-corrected chi connectivity index (χ3v) is 4.70. The van der Waals surface area contributed by atoms with Gasteiger partial charge in [-0.25, -0.2) is 9.97 Å². The van der Waals surface area contributed by atoms with Crippen molar-refractivity contribution < 1.29 is 26.3 Å². The van der Waals surface area contributed by atoms with E-state index in [1.54, 1.807) is 0 Å². The quantitative estimate of drug-likeness (QED) is 0.610. The molecule has 4 N–H and O–H groups in total. The zero-order valence-corrected chi connectivity index (χ0v) is 16.0. The molecule has 1 fully saturated rings. The van der Waals surface area contributed by atoms with E-state index in [1.807, 2.05) is 0 Å². The lowest BCUT2D eigenvalue weighted by molar-refractivity contribution is -0.138. The first-order chi connectivity index (χ1) is 14.5. The molecule has 0 atom stereocenters. The summed E-state index contributed by atoms with van der Waals surface area (Å²) in [6, 6.07) is 4.09. The van der Waals surface area contributed by atoms with Gasteiger partial charge in [-0.2, -0.15) is 26.3 Å². The molecule has 31 heavy (non-hydrogen) atoms. The minimum atomic E-state index is -4.57. The fraction of sp³-hybridized carbons (Fsp3) is 0.316. The van der Waals surface area contributed by atoms with E-state index in [4.69, 9.17) is 11.1 Å². The fourth-order valence-electron chi connectivity index (χ4n) is 3.14. The number of nitrogens with zero attached hydrogens (tertiary/aromatic N) is 3. The number of nitrogens with two attached hydrogens (primary N) is 1. The lowest BCUT2D eigenvalue weighted by Crippen LogP contribution is -2.28. The summed E-state index contributed by atoms with van der Waals surface area (Å²) in [4.78, 5) is 8.98. The molecule has 0 aliphatic carbocycles. The molecule has 0 aromatic carbocycles. The molecular weight excluding hydrogens is 426 g/mol. The van der Waals surface area contributed by atoms with Crippen molar-refractivity contribution in [1.29, 1.82) is 5.41 Å². The number of rotatable bonds is 3. The standard InChI is InChI=1S/C19H18F6N6/c20-18(21,22)11-3-4-15(29-10-11)30-16(27)12-5-8-31(9-6-14(12)26)17-13(19(23,24)25)2-1-7-28-17/h1-4,7,10,26H,5-6,8-9,27H2,(H,29,30)/b16-12+,26-14?. The van der Waals surface area contributed by atoms with E-state index in [0.29, 0.717) is 11.8 Å². The zero-order valence-electron chi connectivity index (χ0n) is 16.0. The Labute approximate surface area is 173 Å². The van der Waals surface area contributed by atoms with Gasteiger partial charge in [-0.15, -0.1) is 0 Å². The highest BCUT2D eigenvalue weighted by Gasteiger charge is 2.36. The van der Waals surface area contributed by atoms with E-state index >= 15 is 0 Å². The van der Waals surface area contributed by atoms with Crippen LogP contribution in [0, 0.1) is 5.41 Å². The summed E-state index contributed by atoms with van der Waals surface area (Å²) in [5, 5.41) is 10.9. The number of anilines is 2. The largest absolute Gasteiger partial charge is 0.419 e. The predicted molar refractivity (Wildman–Crippen MR) is 102 cm³/mol. The first-order valence-corrected chi connectivity index (χ1v) is 9.10. The topological polar surface area (TPSA) is 90.9 Å². The predicted octanol–water partition coefficient (Wildman–Crippen LogP) is 4.42. The van der Waals surface area contributed by atoms with Gasteiger partial charge in [0.1, 0.15) is 17.5 Å². The molecule has 6 nitrogen and oxygen atoms in total. The molecule has 0 bridgehead atoms. The Morgan fingerprint density at radius 2 is 1.71 bits per heavy atom. The van der Waals surface area contributed by atoms with Crippen molar-refractivity contribution in [2.75, 3.05) is 23.3 Å². The summed E-state index contributed by atoms with van der Waals surface area (Å²) in [5.41, 5.74) is 4.68. The van der Waals surface area contributed by atoms with Gasteiger partial charge in [0, 0.05) is 43.2 Å². The van der Waals surface area contributed by atoms with Crippen LogP contribution in [0.4, 0.5) is 38.0 Å². The Bertz CT molecular complexity index is 981. The number of nitrogens with one attached hydrogen (secondary N) is 2. The molecule has 0 spiro atoms. The van der Waals surface area contributed by atoms with Crippen LogP contribution in [0.1, 0.15) is 24.0 Å². The second kappa shape index (κ2) is 8.44. The minimum Gasteiger partial charge on any atom is -0.385 e. The van der Waals surface area contributed by atoms with Crippen LogP contribution in [0.3, 0.4) is 0 Å². The van der Waals surface area contributed by atoms with E-state index < -0.39 is 23.5 Å². The van der Waals surface area contributed by atoms with Crippen LogP contribution in [0.5, 0.6) is 0 Å². The first-order valence-electron chi connectivity index (χ1n) is 9.10. The summed E-state index contributed by atoms with van der Waals surface area (Å²) in [6.07, 6.45) is -6.91. The summed E-state index contributed by atoms with van der Waals surface area (Å²) < 4.78 is 77.9. The first kappa shape index (κ1) is 22.4. The lowest BCUT2D eigenvalue weighted by atomic mass is 10.1. The lowest BCUT2D eigenvalue weighted by Gasteiger charge is -2.24. The summed E-state index contributed by atoms with van der Waals surface area (Å²) in [5.74, 6) is -0.160. The second-order valence-electron chi connectivity index (χ2n) is 6.79. The number of alkyl halides is 6. The molecule has 1 saturated heterocycles. The number of halogens is 6. The average molecular weight is 444 g/mol. The van der Waals surface area contributed by atoms with E-state index in [0.717, 1.165) is 18.2 Å². The number of aromatic nitrogens is 2. The molecule has 1 aliphatic rings. The van der Waals surface area contributed by atoms with Crippen molar-refractivity contribution >= 4 is 17.3 Å². The van der Waals surface area contributed by atoms with Gasteiger partial charge in [-0.05, 0) is 30.7 Å². The third kappa shape index (κ3) is 5.25. The van der Waals surface area contributed by atoms with Gasteiger partial charge in [0.25, 0.3) is 0 Å². The van der Waals surface area contributed by atoms with E-state index in [2.05, 4.69) is 15.3 Å². The van der Waals surface area contributed by atoms with Crippen molar-refractivity contribution in [3.8, 4) is 0 Å². The molecule has 3 heterocycles. The number of hydrogen-bond acceptors (Lipinski definition) is 6. The van der Waals surface area contributed by atoms with Gasteiger partial charge in [0.05, 0.1) is 11.1 Å². The second-order valence-corrected chi connectivity index (χ2v) is 6.79. The Morgan fingerprint density at radius 3 is 2.32 bits per heavy atom. The van der Waals surface area contributed by atoms with Crippen molar-refractivity contribution in [2.45, 2.75) is 25.2 Å². The molecule has 0 unspecified atom stereocenters. The molecule has 166 valence electrons. The fourth-order valence-corrected chi connectivity index (χ4v) is 3.14. The minimum absolute atomic E-state index is 0.0103. The van der Waals surface area contributed by atoms with E-state index in [1.165, 1.54) is 17.2 Å². The van der Waals surface area contributed by atoms with Gasteiger partial charge in [0.2, 0.25) is 0 Å². The van der Waals surface area contributed by atoms with Crippen molar-refractivity contribution in [2.24, 2.45) is 5.73 Å². The third-order valence-electron chi connectivity index (χ3n) is 4.70. The van der Waals surface area contributed by atoms with E-state index in [9.17, 15) is 26.3 Å². The highest BCUT2D eigenvalue weighted by molar-refractivity contribution is 5.99. The van der Waals surface area contributed by atoms with Crippen molar-refractivity contribution in [3.63, 3.8) is 0 Å². The molecule has 0 radical (unpaired) electrons. The van der Waals surface area contributed by atoms with Gasteiger partial charge < -0.3 is 21.4 Å². The molecule has 12 heteroatoms. The highest BCUT2D eigenvalue weighted by Crippen LogP contribution is 2.36. The number of hydrogen-bond donors (Lipinski definition) is 3. The Kier molecular flexibility index (Phi) is 6.09. The van der Waals surface area contributed by atoms with Crippen LogP contribution in [-0.4, -0.2) is 28.8 Å². The molecule has 3 rings (SSSR count). The van der Waals surface area contributed by atoms with Crippen LogP contribution in [0.15, 0.2) is 48.1 Å². The maximum atomic E-state index is 13.3. The molecule has 2 aromatic heterocycles. The van der Waals surface area contributed by atoms with Gasteiger partial charge in [-0.1, -0.05) is 0 Å².